The molecule has 3 rings (SSSR count). The number of methoxy groups -OCH3 is 1. The van der Waals surface area contributed by atoms with E-state index in [2.05, 4.69) is 25.8 Å². The number of nitrogens with one attached hydrogen (secondary N) is 1. The second-order valence-electron chi connectivity index (χ2n) is 4.80. The summed E-state index contributed by atoms with van der Waals surface area (Å²) in [6.07, 6.45) is 2.99. The zero-order chi connectivity index (χ0) is 16.2. The highest BCUT2D eigenvalue weighted by Gasteiger charge is 2.09. The minimum Gasteiger partial charge on any atom is -0.481 e. The van der Waals surface area contributed by atoms with Crippen LogP contribution in [-0.4, -0.2) is 38.2 Å². The smallest absolute Gasteiger partial charge is 0.257 e. The molecule has 0 unspecified atom stereocenters. The van der Waals surface area contributed by atoms with Gasteiger partial charge in [-0.1, -0.05) is 0 Å². The van der Waals surface area contributed by atoms with Crippen LogP contribution in [0.2, 0.25) is 0 Å². The molecule has 116 valence electrons. The minimum absolute atomic E-state index is 0.241. The van der Waals surface area contributed by atoms with E-state index < -0.39 is 0 Å². The predicted molar refractivity (Wildman–Crippen MR) is 82.6 cm³/mol. The first-order valence-corrected chi connectivity index (χ1v) is 6.83. The van der Waals surface area contributed by atoms with Crippen molar-refractivity contribution in [2.75, 3.05) is 12.4 Å². The van der Waals surface area contributed by atoms with Gasteiger partial charge in [-0.3, -0.25) is 4.79 Å². The van der Waals surface area contributed by atoms with Crippen molar-refractivity contribution in [2.24, 2.45) is 0 Å². The van der Waals surface area contributed by atoms with E-state index in [1.807, 2.05) is 19.1 Å². The molecule has 2 aromatic heterocycles. The van der Waals surface area contributed by atoms with Crippen molar-refractivity contribution in [2.45, 2.75) is 6.92 Å². The van der Waals surface area contributed by atoms with Crippen molar-refractivity contribution < 1.29 is 9.53 Å². The van der Waals surface area contributed by atoms with Gasteiger partial charge in [0.25, 0.3) is 5.91 Å². The number of hydrogen-bond acceptors (Lipinski definition) is 6. The molecule has 0 aliphatic carbocycles. The van der Waals surface area contributed by atoms with Crippen LogP contribution in [0.1, 0.15) is 15.9 Å². The Morgan fingerprint density at radius 3 is 2.74 bits per heavy atom. The van der Waals surface area contributed by atoms with Gasteiger partial charge in [0.15, 0.2) is 0 Å². The Kier molecular flexibility index (Phi) is 3.96. The molecule has 0 fully saturated rings. The standard InChI is InChI=1S/C15H14N6O2/c1-10-7-12(4-5-13(10)21-9-17-19-20-21)18-15(22)11-3-6-14(23-2)16-8-11/h3-9H,1-2H3,(H,18,22). The molecular formula is C15H14N6O2. The van der Waals surface area contributed by atoms with Gasteiger partial charge in [0.1, 0.15) is 6.33 Å². The Bertz CT molecular complexity index is 814. The van der Waals surface area contributed by atoms with Crippen LogP contribution >= 0.6 is 0 Å². The van der Waals surface area contributed by atoms with E-state index >= 15 is 0 Å². The summed E-state index contributed by atoms with van der Waals surface area (Å²) < 4.78 is 6.53. The maximum atomic E-state index is 12.2. The number of pyridine rings is 1. The summed E-state index contributed by atoms with van der Waals surface area (Å²) >= 11 is 0. The number of aryl methyl sites for hydroxylation is 1. The Hall–Kier alpha value is -3.29. The second-order valence-corrected chi connectivity index (χ2v) is 4.80. The van der Waals surface area contributed by atoms with Crippen molar-refractivity contribution in [3.05, 3.63) is 54.0 Å². The Balaban J connectivity index is 1.77. The third-order valence-corrected chi connectivity index (χ3v) is 3.26. The number of aromatic nitrogens is 5. The molecule has 0 saturated carbocycles. The molecule has 23 heavy (non-hydrogen) atoms. The van der Waals surface area contributed by atoms with Gasteiger partial charge in [0.2, 0.25) is 5.88 Å². The van der Waals surface area contributed by atoms with Crippen molar-refractivity contribution in [3.8, 4) is 11.6 Å². The van der Waals surface area contributed by atoms with Crippen molar-refractivity contribution in [1.29, 1.82) is 0 Å². The molecule has 3 aromatic rings. The molecule has 2 heterocycles. The monoisotopic (exact) mass is 310 g/mol. The number of carbonyl (C=O) groups excluding carboxylic acids is 1. The molecule has 0 bridgehead atoms. The van der Waals surface area contributed by atoms with Gasteiger partial charge in [0.05, 0.1) is 18.4 Å². The molecule has 0 spiro atoms. The van der Waals surface area contributed by atoms with Crippen LogP contribution in [0, 0.1) is 6.92 Å². The second kappa shape index (κ2) is 6.22. The largest absolute Gasteiger partial charge is 0.481 e. The molecule has 1 amide bonds. The van der Waals surface area contributed by atoms with E-state index in [-0.39, 0.29) is 5.91 Å². The van der Waals surface area contributed by atoms with E-state index in [4.69, 9.17) is 4.74 Å². The summed E-state index contributed by atoms with van der Waals surface area (Å²) in [5.74, 6) is 0.220. The molecule has 0 aliphatic heterocycles. The number of benzene rings is 1. The van der Waals surface area contributed by atoms with Crippen LogP contribution in [0.3, 0.4) is 0 Å². The van der Waals surface area contributed by atoms with E-state index in [0.29, 0.717) is 17.1 Å². The zero-order valence-corrected chi connectivity index (χ0v) is 12.6. The third kappa shape index (κ3) is 3.15. The van der Waals surface area contributed by atoms with Gasteiger partial charge < -0.3 is 10.1 Å². The molecule has 0 aliphatic rings. The molecule has 0 saturated heterocycles. The van der Waals surface area contributed by atoms with Crippen LogP contribution in [-0.2, 0) is 0 Å². The van der Waals surface area contributed by atoms with Crippen molar-refractivity contribution >= 4 is 11.6 Å². The number of anilines is 1. The van der Waals surface area contributed by atoms with Crippen molar-refractivity contribution in [1.82, 2.24) is 25.2 Å². The summed E-state index contributed by atoms with van der Waals surface area (Å²) in [5.41, 5.74) is 2.91. The number of ether oxygens (including phenoxy) is 1. The van der Waals surface area contributed by atoms with Crippen molar-refractivity contribution in [3.63, 3.8) is 0 Å². The molecule has 1 aromatic carbocycles. The highest BCUT2D eigenvalue weighted by molar-refractivity contribution is 6.04. The zero-order valence-electron chi connectivity index (χ0n) is 12.6. The Morgan fingerprint density at radius 1 is 1.26 bits per heavy atom. The number of amides is 1. The normalized spacial score (nSPS) is 10.3. The lowest BCUT2D eigenvalue weighted by atomic mass is 10.1. The lowest BCUT2D eigenvalue weighted by molar-refractivity contribution is 0.102. The van der Waals surface area contributed by atoms with E-state index in [0.717, 1.165) is 11.3 Å². The molecule has 1 N–H and O–H groups in total. The third-order valence-electron chi connectivity index (χ3n) is 3.26. The number of hydrogen-bond donors (Lipinski definition) is 1. The highest BCUT2D eigenvalue weighted by atomic mass is 16.5. The van der Waals surface area contributed by atoms with Gasteiger partial charge >= 0.3 is 0 Å². The van der Waals surface area contributed by atoms with Gasteiger partial charge in [-0.25, -0.2) is 9.67 Å². The molecule has 8 nitrogen and oxygen atoms in total. The number of carbonyl (C=O) groups is 1. The number of rotatable bonds is 4. The summed E-state index contributed by atoms with van der Waals surface area (Å²) in [7, 11) is 1.52. The lowest BCUT2D eigenvalue weighted by Gasteiger charge is -2.09. The molecule has 0 atom stereocenters. The Morgan fingerprint density at radius 2 is 2.13 bits per heavy atom. The SMILES string of the molecule is COc1ccc(C(=O)Nc2ccc(-n3cnnn3)c(C)c2)cn1. The topological polar surface area (TPSA) is 94.8 Å². The van der Waals surface area contributed by atoms with Crippen LogP contribution in [0.5, 0.6) is 5.88 Å². The summed E-state index contributed by atoms with van der Waals surface area (Å²) in [6, 6.07) is 8.78. The summed E-state index contributed by atoms with van der Waals surface area (Å²) in [6.45, 7) is 1.92. The number of tetrazole rings is 1. The quantitative estimate of drug-likeness (QED) is 0.787. The van der Waals surface area contributed by atoms with E-state index in [9.17, 15) is 4.79 Å². The van der Waals surface area contributed by atoms with Gasteiger partial charge in [-0.2, -0.15) is 0 Å². The average molecular weight is 310 g/mol. The molecule has 8 heteroatoms. The first-order chi connectivity index (χ1) is 11.2. The van der Waals surface area contributed by atoms with E-state index in [1.54, 1.807) is 22.9 Å². The fourth-order valence-electron chi connectivity index (χ4n) is 2.10. The Labute approximate surface area is 132 Å². The van der Waals surface area contributed by atoms with Crippen LogP contribution < -0.4 is 10.1 Å². The van der Waals surface area contributed by atoms with Crippen LogP contribution in [0.4, 0.5) is 5.69 Å². The first-order valence-electron chi connectivity index (χ1n) is 6.83. The average Bonchev–Trinajstić information content (AvgIpc) is 3.09. The summed E-state index contributed by atoms with van der Waals surface area (Å²) in [4.78, 5) is 16.2. The minimum atomic E-state index is -0.241. The van der Waals surface area contributed by atoms with E-state index in [1.165, 1.54) is 19.6 Å². The fourth-order valence-corrected chi connectivity index (χ4v) is 2.10. The maximum Gasteiger partial charge on any atom is 0.257 e. The summed E-state index contributed by atoms with van der Waals surface area (Å²) in [5, 5.41) is 13.9. The van der Waals surface area contributed by atoms with Gasteiger partial charge in [0, 0.05) is 18.0 Å². The first kappa shape index (κ1) is 14.6. The molecule has 0 radical (unpaired) electrons. The van der Waals surface area contributed by atoms with Crippen LogP contribution in [0.15, 0.2) is 42.9 Å². The highest BCUT2D eigenvalue weighted by Crippen LogP contribution is 2.18. The van der Waals surface area contributed by atoms with Gasteiger partial charge in [-0.05, 0) is 47.2 Å². The maximum absolute atomic E-state index is 12.2. The predicted octanol–water partition coefficient (Wildman–Crippen LogP) is 1.63. The fraction of sp³-hybridized carbons (Fsp3) is 0.133. The number of nitrogens with zero attached hydrogens (tertiary/aromatic N) is 5. The van der Waals surface area contributed by atoms with Crippen LogP contribution in [0.25, 0.3) is 5.69 Å². The lowest BCUT2D eigenvalue weighted by Crippen LogP contribution is -2.12. The molecular weight excluding hydrogens is 296 g/mol. The van der Waals surface area contributed by atoms with Gasteiger partial charge in [-0.15, -0.1) is 5.10 Å².